The van der Waals surface area contributed by atoms with Gasteiger partial charge in [-0.15, -0.1) is 0 Å². The summed E-state index contributed by atoms with van der Waals surface area (Å²) in [6.07, 6.45) is 1.48. The fourth-order valence-electron chi connectivity index (χ4n) is 3.32. The van der Waals surface area contributed by atoms with Gasteiger partial charge in [-0.1, -0.05) is 33.6 Å². The zero-order valence-corrected chi connectivity index (χ0v) is 21.2. The number of nitrogens with zero attached hydrogens (tertiary/aromatic N) is 1. The number of carbonyl (C=O) groups is 1. The predicted octanol–water partition coefficient (Wildman–Crippen LogP) is 6.68. The molecular formula is C24H15Br2ClN2O5. The van der Waals surface area contributed by atoms with E-state index in [9.17, 15) is 4.79 Å². The molecule has 1 N–H and O–H groups in total. The van der Waals surface area contributed by atoms with Crippen molar-refractivity contribution >= 4 is 66.6 Å². The molecule has 1 aliphatic heterocycles. The molecule has 10 heteroatoms. The first-order valence-electron chi connectivity index (χ1n) is 9.99. The average Bonchev–Trinajstić information content (AvgIpc) is 3.44. The summed E-state index contributed by atoms with van der Waals surface area (Å²) in [5.41, 5.74) is 4.66. The van der Waals surface area contributed by atoms with Gasteiger partial charge in [0.05, 0.1) is 15.7 Å². The van der Waals surface area contributed by atoms with E-state index in [2.05, 4.69) is 42.4 Å². The maximum atomic E-state index is 12.4. The molecule has 172 valence electrons. The Hall–Kier alpha value is -3.01. The number of amides is 1. The molecule has 0 spiro atoms. The van der Waals surface area contributed by atoms with E-state index in [4.69, 9.17) is 30.2 Å². The molecule has 0 atom stereocenters. The summed E-state index contributed by atoms with van der Waals surface area (Å²) in [4.78, 5) is 12.4. The van der Waals surface area contributed by atoms with Crippen molar-refractivity contribution in [2.45, 2.75) is 6.61 Å². The second kappa shape index (κ2) is 9.69. The summed E-state index contributed by atoms with van der Waals surface area (Å²) >= 11 is 13.3. The van der Waals surface area contributed by atoms with Crippen molar-refractivity contribution in [1.82, 2.24) is 5.43 Å². The summed E-state index contributed by atoms with van der Waals surface area (Å²) in [6, 6.07) is 16.2. The van der Waals surface area contributed by atoms with Crippen LogP contribution >= 0.6 is 43.5 Å². The Bertz CT molecular complexity index is 1410. The molecule has 0 bridgehead atoms. The van der Waals surface area contributed by atoms with Crippen LogP contribution in [0.1, 0.15) is 21.7 Å². The number of fused-ring (bicyclic) bond motifs is 2. The molecule has 0 radical (unpaired) electrons. The van der Waals surface area contributed by atoms with Crippen molar-refractivity contribution in [2.75, 3.05) is 6.79 Å². The van der Waals surface area contributed by atoms with Gasteiger partial charge in [0.15, 0.2) is 23.0 Å². The molecule has 3 aromatic carbocycles. The van der Waals surface area contributed by atoms with Crippen LogP contribution < -0.4 is 19.6 Å². The molecular weight excluding hydrogens is 592 g/mol. The minimum Gasteiger partial charge on any atom is -0.486 e. The molecule has 1 aliphatic rings. The van der Waals surface area contributed by atoms with Crippen molar-refractivity contribution in [3.63, 3.8) is 0 Å². The lowest BCUT2D eigenvalue weighted by Gasteiger charge is -2.11. The number of hydrazone groups is 1. The number of hydrogen-bond donors (Lipinski definition) is 1. The van der Waals surface area contributed by atoms with Crippen LogP contribution in [0, 0.1) is 0 Å². The molecule has 4 aromatic rings. The molecule has 7 nitrogen and oxygen atoms in total. The van der Waals surface area contributed by atoms with Crippen LogP contribution in [0.15, 0.2) is 73.1 Å². The molecule has 1 amide bonds. The normalized spacial score (nSPS) is 12.4. The molecule has 0 aliphatic carbocycles. The standard InChI is InChI=1S/C24H15Br2ClN2O5/c25-16-2-4-19-15(8-16)9-22(34-19)24(30)29-28-10-14-5-17(26)23(18(27)6-14)31-11-13-1-3-20-21(7-13)33-12-32-20/h1-10H,11-12H2,(H,29,30)/b28-10+. The highest BCUT2D eigenvalue weighted by molar-refractivity contribution is 9.10. The topological polar surface area (TPSA) is 82.3 Å². The quantitative estimate of drug-likeness (QED) is 0.196. The van der Waals surface area contributed by atoms with E-state index in [0.29, 0.717) is 44.5 Å². The van der Waals surface area contributed by atoms with Crippen LogP contribution in [0.25, 0.3) is 11.0 Å². The first-order valence-corrected chi connectivity index (χ1v) is 12.0. The van der Waals surface area contributed by atoms with Gasteiger partial charge in [0.1, 0.15) is 12.2 Å². The van der Waals surface area contributed by atoms with Gasteiger partial charge >= 0.3 is 5.91 Å². The van der Waals surface area contributed by atoms with Crippen molar-refractivity contribution in [3.8, 4) is 17.2 Å². The summed E-state index contributed by atoms with van der Waals surface area (Å²) in [6.45, 7) is 0.517. The van der Waals surface area contributed by atoms with Crippen LogP contribution in [0.5, 0.6) is 17.2 Å². The minimum atomic E-state index is -0.461. The fraction of sp³-hybridized carbons (Fsp3) is 0.0833. The number of rotatable bonds is 6. The van der Waals surface area contributed by atoms with E-state index in [1.165, 1.54) is 6.21 Å². The highest BCUT2D eigenvalue weighted by Crippen LogP contribution is 2.36. The number of halogens is 3. The lowest BCUT2D eigenvalue weighted by atomic mass is 10.2. The van der Waals surface area contributed by atoms with Crippen molar-refractivity contribution in [3.05, 3.63) is 85.5 Å². The fourth-order valence-corrected chi connectivity index (χ4v) is 4.69. The van der Waals surface area contributed by atoms with Crippen molar-refractivity contribution in [1.29, 1.82) is 0 Å². The van der Waals surface area contributed by atoms with Gasteiger partial charge in [-0.25, -0.2) is 5.43 Å². The van der Waals surface area contributed by atoms with Crippen molar-refractivity contribution < 1.29 is 23.4 Å². The van der Waals surface area contributed by atoms with E-state index in [-0.39, 0.29) is 12.6 Å². The number of nitrogens with one attached hydrogen (secondary N) is 1. The van der Waals surface area contributed by atoms with E-state index in [1.807, 2.05) is 30.3 Å². The average molecular weight is 607 g/mol. The van der Waals surface area contributed by atoms with Gasteiger partial charge in [0, 0.05) is 9.86 Å². The molecule has 0 saturated carbocycles. The Balaban J connectivity index is 1.23. The van der Waals surface area contributed by atoms with Crippen LogP contribution in [-0.4, -0.2) is 18.9 Å². The molecule has 2 heterocycles. The molecule has 1 aromatic heterocycles. The molecule has 0 unspecified atom stereocenters. The van der Waals surface area contributed by atoms with Crippen LogP contribution in [0.4, 0.5) is 0 Å². The van der Waals surface area contributed by atoms with Gasteiger partial charge in [0.2, 0.25) is 6.79 Å². The van der Waals surface area contributed by atoms with Gasteiger partial charge in [-0.2, -0.15) is 5.10 Å². The largest absolute Gasteiger partial charge is 0.486 e. The Morgan fingerprint density at radius 1 is 1.09 bits per heavy atom. The first-order chi connectivity index (χ1) is 16.5. The summed E-state index contributed by atoms with van der Waals surface area (Å²) in [5.74, 6) is 1.60. The zero-order chi connectivity index (χ0) is 23.7. The van der Waals surface area contributed by atoms with Crippen LogP contribution in [-0.2, 0) is 6.61 Å². The number of benzene rings is 3. The molecule has 0 saturated heterocycles. The number of carbonyl (C=O) groups excluding carboxylic acids is 1. The van der Waals surface area contributed by atoms with E-state index >= 15 is 0 Å². The Morgan fingerprint density at radius 2 is 1.94 bits per heavy atom. The van der Waals surface area contributed by atoms with Crippen LogP contribution in [0.2, 0.25) is 5.02 Å². The maximum Gasteiger partial charge on any atom is 0.307 e. The first kappa shape index (κ1) is 22.8. The maximum absolute atomic E-state index is 12.4. The number of furan rings is 1. The van der Waals surface area contributed by atoms with E-state index < -0.39 is 5.91 Å². The van der Waals surface area contributed by atoms with Crippen LogP contribution in [0.3, 0.4) is 0 Å². The number of hydrogen-bond acceptors (Lipinski definition) is 6. The lowest BCUT2D eigenvalue weighted by molar-refractivity contribution is 0.0929. The third-order valence-corrected chi connectivity index (χ3v) is 6.29. The highest BCUT2D eigenvalue weighted by atomic mass is 79.9. The van der Waals surface area contributed by atoms with Gasteiger partial charge in [-0.05, 0) is 75.6 Å². The Morgan fingerprint density at radius 3 is 2.79 bits per heavy atom. The smallest absolute Gasteiger partial charge is 0.307 e. The summed E-state index contributed by atoms with van der Waals surface area (Å²) in [7, 11) is 0. The molecule has 34 heavy (non-hydrogen) atoms. The summed E-state index contributed by atoms with van der Waals surface area (Å²) in [5, 5.41) is 5.21. The van der Waals surface area contributed by atoms with Gasteiger partial charge in [-0.3, -0.25) is 4.79 Å². The van der Waals surface area contributed by atoms with E-state index in [1.54, 1.807) is 24.3 Å². The lowest BCUT2D eigenvalue weighted by Crippen LogP contribution is -2.16. The van der Waals surface area contributed by atoms with E-state index in [0.717, 1.165) is 15.4 Å². The monoisotopic (exact) mass is 604 g/mol. The third kappa shape index (κ3) is 4.91. The Labute approximate surface area is 215 Å². The molecule has 5 rings (SSSR count). The summed E-state index contributed by atoms with van der Waals surface area (Å²) < 4.78 is 23.7. The number of ether oxygens (including phenoxy) is 3. The predicted molar refractivity (Wildman–Crippen MR) is 135 cm³/mol. The SMILES string of the molecule is O=C(N/N=C/c1cc(Cl)c(OCc2ccc3c(c2)OCO3)c(Br)c1)c1cc2cc(Br)ccc2o1. The molecule has 0 fully saturated rings. The van der Waals surface area contributed by atoms with Gasteiger partial charge < -0.3 is 18.6 Å². The zero-order valence-electron chi connectivity index (χ0n) is 17.3. The second-order valence-corrected chi connectivity index (χ2v) is 9.46. The van der Waals surface area contributed by atoms with Crippen molar-refractivity contribution in [2.24, 2.45) is 5.10 Å². The second-order valence-electron chi connectivity index (χ2n) is 7.28. The minimum absolute atomic E-state index is 0.164. The highest BCUT2D eigenvalue weighted by Gasteiger charge is 2.15. The third-order valence-electron chi connectivity index (χ3n) is 4.92. The Kier molecular flexibility index (Phi) is 6.49. The van der Waals surface area contributed by atoms with Gasteiger partial charge in [0.25, 0.3) is 0 Å².